The molecule has 0 saturated heterocycles. The number of carbonyl (C=O) groups is 1. The SMILES string of the molecule is CCc1c(C(=O)N(C)c2cccc([N+](=O)[O-])c2)cnn1-c1ccc(F)cc1. The predicted octanol–water partition coefficient (Wildman–Crippen LogP) is 3.76. The van der Waals surface area contributed by atoms with E-state index >= 15 is 0 Å². The Bertz CT molecular complexity index is 998. The van der Waals surface area contributed by atoms with E-state index in [1.165, 1.54) is 41.4 Å². The Balaban J connectivity index is 1.96. The van der Waals surface area contributed by atoms with Gasteiger partial charge < -0.3 is 4.90 Å². The Morgan fingerprint density at radius 2 is 1.96 bits per heavy atom. The zero-order chi connectivity index (χ0) is 19.6. The van der Waals surface area contributed by atoms with Gasteiger partial charge in [-0.1, -0.05) is 13.0 Å². The molecule has 0 N–H and O–H groups in total. The summed E-state index contributed by atoms with van der Waals surface area (Å²) < 4.78 is 14.8. The van der Waals surface area contributed by atoms with Crippen molar-refractivity contribution in [3.63, 3.8) is 0 Å². The Hall–Kier alpha value is -3.55. The molecule has 0 spiro atoms. The highest BCUT2D eigenvalue weighted by atomic mass is 19.1. The summed E-state index contributed by atoms with van der Waals surface area (Å²) in [5.74, 6) is -0.689. The molecule has 0 aliphatic heterocycles. The molecule has 138 valence electrons. The number of hydrogen-bond donors (Lipinski definition) is 0. The summed E-state index contributed by atoms with van der Waals surface area (Å²) >= 11 is 0. The minimum Gasteiger partial charge on any atom is -0.311 e. The lowest BCUT2D eigenvalue weighted by molar-refractivity contribution is -0.384. The van der Waals surface area contributed by atoms with Gasteiger partial charge in [-0.2, -0.15) is 5.10 Å². The van der Waals surface area contributed by atoms with Crippen LogP contribution in [-0.4, -0.2) is 27.7 Å². The Labute approximate surface area is 154 Å². The second kappa shape index (κ2) is 7.36. The van der Waals surface area contributed by atoms with Crippen LogP contribution in [0.25, 0.3) is 5.69 Å². The highest BCUT2D eigenvalue weighted by molar-refractivity contribution is 6.06. The van der Waals surface area contributed by atoms with Crippen LogP contribution in [0.1, 0.15) is 23.0 Å². The Kier molecular flexibility index (Phi) is 4.98. The third-order valence-corrected chi connectivity index (χ3v) is 4.24. The normalized spacial score (nSPS) is 10.6. The first kappa shape index (κ1) is 18.2. The number of nitro benzene ring substituents is 1. The van der Waals surface area contributed by atoms with Crippen molar-refractivity contribution in [2.24, 2.45) is 0 Å². The number of nitrogens with zero attached hydrogens (tertiary/aromatic N) is 4. The van der Waals surface area contributed by atoms with Gasteiger partial charge in [0.2, 0.25) is 0 Å². The van der Waals surface area contributed by atoms with Crippen LogP contribution in [0.3, 0.4) is 0 Å². The Morgan fingerprint density at radius 1 is 1.26 bits per heavy atom. The quantitative estimate of drug-likeness (QED) is 0.507. The van der Waals surface area contributed by atoms with Gasteiger partial charge in [-0.05, 0) is 36.8 Å². The fourth-order valence-electron chi connectivity index (χ4n) is 2.81. The second-order valence-electron chi connectivity index (χ2n) is 5.89. The van der Waals surface area contributed by atoms with Crippen molar-refractivity contribution in [1.82, 2.24) is 9.78 Å². The molecular formula is C19H17FN4O3. The average Bonchev–Trinajstić information content (AvgIpc) is 3.11. The van der Waals surface area contributed by atoms with E-state index in [0.29, 0.717) is 29.1 Å². The van der Waals surface area contributed by atoms with Gasteiger partial charge in [0.15, 0.2) is 0 Å². The van der Waals surface area contributed by atoms with Gasteiger partial charge >= 0.3 is 0 Å². The maximum absolute atomic E-state index is 13.2. The van der Waals surface area contributed by atoms with Crippen molar-refractivity contribution >= 4 is 17.3 Å². The summed E-state index contributed by atoms with van der Waals surface area (Å²) in [6.45, 7) is 1.89. The number of amides is 1. The smallest absolute Gasteiger partial charge is 0.271 e. The molecule has 0 atom stereocenters. The first-order valence-electron chi connectivity index (χ1n) is 8.27. The molecule has 1 heterocycles. The highest BCUT2D eigenvalue weighted by Crippen LogP contribution is 2.23. The van der Waals surface area contributed by atoms with Gasteiger partial charge in [0.1, 0.15) is 5.82 Å². The fourth-order valence-corrected chi connectivity index (χ4v) is 2.81. The van der Waals surface area contributed by atoms with E-state index in [9.17, 15) is 19.3 Å². The largest absolute Gasteiger partial charge is 0.311 e. The lowest BCUT2D eigenvalue weighted by atomic mass is 10.1. The van der Waals surface area contributed by atoms with Crippen molar-refractivity contribution in [1.29, 1.82) is 0 Å². The van der Waals surface area contributed by atoms with Crippen LogP contribution in [0.2, 0.25) is 0 Å². The van der Waals surface area contributed by atoms with Gasteiger partial charge in [0, 0.05) is 19.2 Å². The van der Waals surface area contributed by atoms with E-state index in [1.807, 2.05) is 6.92 Å². The van der Waals surface area contributed by atoms with Crippen LogP contribution >= 0.6 is 0 Å². The lowest BCUT2D eigenvalue weighted by Crippen LogP contribution is -2.27. The van der Waals surface area contributed by atoms with Crippen LogP contribution in [0.5, 0.6) is 0 Å². The molecule has 3 rings (SSSR count). The summed E-state index contributed by atoms with van der Waals surface area (Å²) in [6, 6.07) is 11.7. The van der Waals surface area contributed by atoms with Crippen LogP contribution in [0.4, 0.5) is 15.8 Å². The molecule has 0 saturated carbocycles. The minimum atomic E-state index is -0.508. The first-order valence-corrected chi connectivity index (χ1v) is 8.27. The Morgan fingerprint density at radius 3 is 2.59 bits per heavy atom. The standard InChI is InChI=1S/C19H17FN4O3/c1-3-18-17(12-21-23(18)14-9-7-13(20)8-10-14)19(25)22(2)15-5-4-6-16(11-15)24(26)27/h4-12H,3H2,1-2H3. The molecule has 1 amide bonds. The van der Waals surface area contributed by atoms with Crippen molar-refractivity contribution in [3.05, 3.63) is 81.9 Å². The van der Waals surface area contributed by atoms with E-state index < -0.39 is 4.92 Å². The zero-order valence-electron chi connectivity index (χ0n) is 14.8. The number of halogens is 1. The summed E-state index contributed by atoms with van der Waals surface area (Å²) in [5, 5.41) is 15.2. The van der Waals surface area contributed by atoms with Crippen LogP contribution < -0.4 is 4.90 Å². The fraction of sp³-hybridized carbons (Fsp3) is 0.158. The van der Waals surface area contributed by atoms with Crippen molar-refractivity contribution < 1.29 is 14.1 Å². The van der Waals surface area contributed by atoms with Crippen molar-refractivity contribution in [2.75, 3.05) is 11.9 Å². The predicted molar refractivity (Wildman–Crippen MR) is 98.7 cm³/mol. The van der Waals surface area contributed by atoms with Gasteiger partial charge in [-0.25, -0.2) is 9.07 Å². The average molecular weight is 368 g/mol. The summed E-state index contributed by atoms with van der Waals surface area (Å²) in [7, 11) is 1.55. The monoisotopic (exact) mass is 368 g/mol. The summed E-state index contributed by atoms with van der Waals surface area (Å²) in [5.41, 5.74) is 2.01. The molecule has 0 radical (unpaired) electrons. The number of nitro groups is 1. The molecule has 0 aliphatic carbocycles. The van der Waals surface area contributed by atoms with Crippen molar-refractivity contribution in [3.8, 4) is 5.69 Å². The molecular weight excluding hydrogens is 351 g/mol. The first-order chi connectivity index (χ1) is 12.9. The maximum Gasteiger partial charge on any atom is 0.271 e. The molecule has 0 bridgehead atoms. The van der Waals surface area contributed by atoms with Gasteiger partial charge in [0.25, 0.3) is 11.6 Å². The molecule has 8 heteroatoms. The third-order valence-electron chi connectivity index (χ3n) is 4.24. The molecule has 7 nitrogen and oxygen atoms in total. The third kappa shape index (κ3) is 3.55. The molecule has 0 aliphatic rings. The van der Waals surface area contributed by atoms with E-state index in [2.05, 4.69) is 5.10 Å². The molecule has 2 aromatic carbocycles. The maximum atomic E-state index is 13.2. The van der Waals surface area contributed by atoms with E-state index in [1.54, 1.807) is 29.9 Å². The van der Waals surface area contributed by atoms with E-state index in [4.69, 9.17) is 0 Å². The summed E-state index contributed by atoms with van der Waals surface area (Å²) in [4.78, 5) is 24.7. The zero-order valence-corrected chi connectivity index (χ0v) is 14.8. The number of carbonyl (C=O) groups excluding carboxylic acids is 1. The van der Waals surface area contributed by atoms with Gasteiger partial charge in [-0.15, -0.1) is 0 Å². The van der Waals surface area contributed by atoms with E-state index in [0.717, 1.165) is 0 Å². The number of anilines is 1. The number of hydrogen-bond acceptors (Lipinski definition) is 4. The molecule has 1 aromatic heterocycles. The second-order valence-corrected chi connectivity index (χ2v) is 5.89. The van der Waals surface area contributed by atoms with Crippen LogP contribution in [-0.2, 0) is 6.42 Å². The molecule has 0 unspecified atom stereocenters. The van der Waals surface area contributed by atoms with Crippen LogP contribution in [0.15, 0.2) is 54.7 Å². The molecule has 0 fully saturated rings. The van der Waals surface area contributed by atoms with E-state index in [-0.39, 0.29) is 17.4 Å². The molecule has 3 aromatic rings. The molecule has 27 heavy (non-hydrogen) atoms. The van der Waals surface area contributed by atoms with Gasteiger partial charge in [-0.3, -0.25) is 14.9 Å². The summed E-state index contributed by atoms with van der Waals surface area (Å²) in [6.07, 6.45) is 1.99. The van der Waals surface area contributed by atoms with Crippen LogP contribution in [0, 0.1) is 15.9 Å². The topological polar surface area (TPSA) is 81.3 Å². The number of rotatable bonds is 5. The van der Waals surface area contributed by atoms with Gasteiger partial charge in [0.05, 0.1) is 33.8 Å². The lowest BCUT2D eigenvalue weighted by Gasteiger charge is -2.17. The number of benzene rings is 2. The van der Waals surface area contributed by atoms with Crippen molar-refractivity contribution in [2.45, 2.75) is 13.3 Å². The minimum absolute atomic E-state index is 0.0927. The number of aromatic nitrogens is 2. The highest BCUT2D eigenvalue weighted by Gasteiger charge is 2.22. The number of non-ortho nitro benzene ring substituents is 1.